The highest BCUT2D eigenvalue weighted by Gasteiger charge is 2.28. The summed E-state index contributed by atoms with van der Waals surface area (Å²) in [7, 11) is 0. The molecule has 2 aromatic carbocycles. The molecule has 1 amide bonds. The van der Waals surface area contributed by atoms with Crippen LogP contribution in [-0.4, -0.2) is 25.8 Å². The maximum absolute atomic E-state index is 12.6. The Hall–Kier alpha value is -2.51. The number of carbonyl (C=O) groups excluding carboxylic acids is 1. The maximum atomic E-state index is 12.6. The lowest BCUT2D eigenvalue weighted by molar-refractivity contribution is -0.113. The Labute approximate surface area is 178 Å². The highest BCUT2D eigenvalue weighted by molar-refractivity contribution is 8.38. The second-order valence-corrected chi connectivity index (χ2v) is 9.29. The van der Waals surface area contributed by atoms with Gasteiger partial charge in [0.25, 0.3) is 0 Å². The van der Waals surface area contributed by atoms with Crippen molar-refractivity contribution >= 4 is 45.3 Å². The third kappa shape index (κ3) is 4.26. The van der Waals surface area contributed by atoms with E-state index in [9.17, 15) is 4.79 Å². The summed E-state index contributed by atoms with van der Waals surface area (Å²) in [6.45, 7) is 0. The van der Waals surface area contributed by atoms with Crippen molar-refractivity contribution in [2.75, 3.05) is 11.1 Å². The van der Waals surface area contributed by atoms with Crippen LogP contribution in [0.25, 0.3) is 5.69 Å². The molecule has 146 valence electrons. The molecule has 1 saturated carbocycles. The maximum Gasteiger partial charge on any atom is 0.235 e. The summed E-state index contributed by atoms with van der Waals surface area (Å²) in [6.07, 6.45) is 2.35. The first kappa shape index (κ1) is 18.5. The number of rotatable bonds is 5. The van der Waals surface area contributed by atoms with Gasteiger partial charge in [0.1, 0.15) is 10.2 Å². The van der Waals surface area contributed by atoms with E-state index in [2.05, 4.69) is 16.4 Å². The van der Waals surface area contributed by atoms with Gasteiger partial charge < -0.3 is 5.32 Å². The fourth-order valence-electron chi connectivity index (χ4n) is 3.23. The molecule has 29 heavy (non-hydrogen) atoms. The third-order valence-corrected chi connectivity index (χ3v) is 7.12. The quantitative estimate of drug-likeness (QED) is 0.604. The van der Waals surface area contributed by atoms with Crippen LogP contribution in [0.3, 0.4) is 0 Å². The highest BCUT2D eigenvalue weighted by atomic mass is 32.2. The number of anilines is 1. The molecule has 0 bridgehead atoms. The lowest BCUT2D eigenvalue weighted by atomic mass is 10.2. The molecule has 3 aromatic rings. The summed E-state index contributed by atoms with van der Waals surface area (Å²) in [5.41, 5.74) is 4.25. The lowest BCUT2D eigenvalue weighted by Gasteiger charge is -2.14. The number of aromatic nitrogens is 2. The summed E-state index contributed by atoms with van der Waals surface area (Å²) in [5, 5.41) is 7.79. The van der Waals surface area contributed by atoms with Gasteiger partial charge in [-0.2, -0.15) is 5.10 Å². The minimum atomic E-state index is -0.0448. The standard InChI is InChI=1S/C22H20N4OS2/c27-21(14-29-22-23-18-9-5-4-6-16(18)13-28-22)24-20-12-19(15-10-11-15)25-26(20)17-7-2-1-3-8-17/h1-9,12,15H,10-11,13-14H2,(H,24,27). The summed E-state index contributed by atoms with van der Waals surface area (Å²) in [4.78, 5) is 17.3. The Bertz CT molecular complexity index is 1070. The first-order valence-corrected chi connectivity index (χ1v) is 11.6. The van der Waals surface area contributed by atoms with Gasteiger partial charge in [-0.05, 0) is 36.6 Å². The molecular weight excluding hydrogens is 400 g/mol. The molecule has 2 heterocycles. The number of nitrogens with one attached hydrogen (secondary N) is 1. The number of carbonyl (C=O) groups is 1. The van der Waals surface area contributed by atoms with Gasteiger partial charge in [0.05, 0.1) is 22.8 Å². The predicted octanol–water partition coefficient (Wildman–Crippen LogP) is 5.36. The summed E-state index contributed by atoms with van der Waals surface area (Å²) < 4.78 is 2.77. The van der Waals surface area contributed by atoms with Crippen LogP contribution in [0.1, 0.15) is 30.0 Å². The first-order chi connectivity index (χ1) is 14.3. The molecule has 0 saturated heterocycles. The molecule has 0 unspecified atom stereocenters. The number of amides is 1. The van der Waals surface area contributed by atoms with Crippen molar-refractivity contribution in [1.82, 2.24) is 9.78 Å². The molecule has 7 heteroatoms. The Kier molecular flexibility index (Phi) is 5.16. The van der Waals surface area contributed by atoms with E-state index in [1.807, 2.05) is 59.3 Å². The summed E-state index contributed by atoms with van der Waals surface area (Å²) >= 11 is 3.17. The Morgan fingerprint density at radius 3 is 2.76 bits per heavy atom. The molecule has 0 atom stereocenters. The van der Waals surface area contributed by atoms with Crippen molar-refractivity contribution in [2.24, 2.45) is 4.99 Å². The molecular formula is C22H20N4OS2. The number of thioether (sulfide) groups is 2. The van der Waals surface area contributed by atoms with E-state index in [0.29, 0.717) is 11.7 Å². The van der Waals surface area contributed by atoms with Crippen LogP contribution in [0.5, 0.6) is 0 Å². The van der Waals surface area contributed by atoms with Gasteiger partial charge in [0.15, 0.2) is 0 Å². The largest absolute Gasteiger partial charge is 0.310 e. The van der Waals surface area contributed by atoms with Crippen LogP contribution < -0.4 is 5.32 Å². The normalized spacial score (nSPS) is 15.5. The van der Waals surface area contributed by atoms with Crippen LogP contribution >= 0.6 is 23.5 Å². The van der Waals surface area contributed by atoms with Gasteiger partial charge in [0.2, 0.25) is 5.91 Å². The summed E-state index contributed by atoms with van der Waals surface area (Å²) in [6, 6.07) is 20.1. The molecule has 1 aromatic heterocycles. The van der Waals surface area contributed by atoms with Crippen LogP contribution in [0, 0.1) is 0 Å². The second kappa shape index (κ2) is 8.08. The van der Waals surface area contributed by atoms with Crippen LogP contribution in [-0.2, 0) is 10.5 Å². The molecule has 2 aliphatic rings. The number of aliphatic imine (C=N–C) groups is 1. The van der Waals surface area contributed by atoms with E-state index in [1.54, 1.807) is 11.8 Å². The molecule has 1 aliphatic carbocycles. The van der Waals surface area contributed by atoms with Gasteiger partial charge in [-0.3, -0.25) is 4.79 Å². The van der Waals surface area contributed by atoms with Crippen molar-refractivity contribution in [3.8, 4) is 5.69 Å². The smallest absolute Gasteiger partial charge is 0.235 e. The van der Waals surface area contributed by atoms with Gasteiger partial charge in [0, 0.05) is 17.7 Å². The Morgan fingerprint density at radius 1 is 1.14 bits per heavy atom. The van der Waals surface area contributed by atoms with Crippen LogP contribution in [0.4, 0.5) is 11.5 Å². The van der Waals surface area contributed by atoms with Gasteiger partial charge in [-0.25, -0.2) is 9.67 Å². The molecule has 1 fully saturated rings. The van der Waals surface area contributed by atoms with Crippen LogP contribution in [0.2, 0.25) is 0 Å². The number of hydrogen-bond donors (Lipinski definition) is 1. The highest BCUT2D eigenvalue weighted by Crippen LogP contribution is 2.40. The zero-order valence-electron chi connectivity index (χ0n) is 15.7. The fraction of sp³-hybridized carbons (Fsp3) is 0.227. The van der Waals surface area contributed by atoms with Crippen molar-refractivity contribution in [3.63, 3.8) is 0 Å². The number of benzene rings is 2. The van der Waals surface area contributed by atoms with Gasteiger partial charge in [-0.1, -0.05) is 59.9 Å². The summed E-state index contributed by atoms with van der Waals surface area (Å²) in [5.74, 6) is 2.43. The number of hydrogen-bond acceptors (Lipinski definition) is 5. The van der Waals surface area contributed by atoms with Crippen LogP contribution in [0.15, 0.2) is 65.7 Å². The van der Waals surface area contributed by atoms with Crippen molar-refractivity contribution in [2.45, 2.75) is 24.5 Å². The van der Waals surface area contributed by atoms with E-state index < -0.39 is 0 Å². The molecule has 1 aliphatic heterocycles. The monoisotopic (exact) mass is 420 g/mol. The predicted molar refractivity (Wildman–Crippen MR) is 121 cm³/mol. The second-order valence-electron chi connectivity index (χ2n) is 7.11. The topological polar surface area (TPSA) is 59.3 Å². The van der Waals surface area contributed by atoms with Crippen molar-refractivity contribution < 1.29 is 4.79 Å². The van der Waals surface area contributed by atoms with Crippen molar-refractivity contribution in [1.29, 1.82) is 0 Å². The number of nitrogens with zero attached hydrogens (tertiary/aromatic N) is 3. The third-order valence-electron chi connectivity index (χ3n) is 4.87. The van der Waals surface area contributed by atoms with E-state index in [4.69, 9.17) is 5.10 Å². The minimum absolute atomic E-state index is 0.0448. The van der Waals surface area contributed by atoms with E-state index >= 15 is 0 Å². The van der Waals surface area contributed by atoms with E-state index in [0.717, 1.165) is 33.0 Å². The minimum Gasteiger partial charge on any atom is -0.310 e. The Balaban J connectivity index is 1.28. The van der Waals surface area contributed by atoms with Crippen molar-refractivity contribution in [3.05, 3.63) is 71.9 Å². The molecule has 5 nitrogen and oxygen atoms in total. The first-order valence-electron chi connectivity index (χ1n) is 9.64. The van der Waals surface area contributed by atoms with E-state index in [1.165, 1.54) is 30.2 Å². The zero-order chi connectivity index (χ0) is 19.6. The van der Waals surface area contributed by atoms with E-state index in [-0.39, 0.29) is 5.91 Å². The fourth-order valence-corrected chi connectivity index (χ4v) is 5.09. The lowest BCUT2D eigenvalue weighted by Crippen LogP contribution is -2.17. The molecule has 0 radical (unpaired) electrons. The average molecular weight is 421 g/mol. The average Bonchev–Trinajstić information content (AvgIpc) is 3.53. The molecule has 5 rings (SSSR count). The van der Waals surface area contributed by atoms with Gasteiger partial charge in [-0.15, -0.1) is 0 Å². The molecule has 0 spiro atoms. The Morgan fingerprint density at radius 2 is 1.93 bits per heavy atom. The molecule has 1 N–H and O–H groups in total. The zero-order valence-corrected chi connectivity index (χ0v) is 17.4. The SMILES string of the molecule is O=C(CSC1=Nc2ccccc2CS1)Nc1cc(C2CC2)nn1-c1ccccc1. The number of para-hydroxylation sites is 2. The van der Waals surface area contributed by atoms with Gasteiger partial charge >= 0.3 is 0 Å². The number of fused-ring (bicyclic) bond motifs is 1.